The topological polar surface area (TPSA) is 120 Å². The molecule has 1 aliphatic heterocycles. The van der Waals surface area contributed by atoms with Gasteiger partial charge in [0.15, 0.2) is 5.66 Å². The third kappa shape index (κ3) is 7.78. The van der Waals surface area contributed by atoms with E-state index in [2.05, 4.69) is 12.2 Å². The fourth-order valence-electron chi connectivity index (χ4n) is 4.66. The van der Waals surface area contributed by atoms with Crippen molar-refractivity contribution in [2.45, 2.75) is 57.2 Å². The lowest BCUT2D eigenvalue weighted by Gasteiger charge is -2.35. The van der Waals surface area contributed by atoms with Gasteiger partial charge in [-0.05, 0) is 54.9 Å². The molecule has 196 valence electrons. The minimum Gasteiger partial charge on any atom is -0.497 e. The number of ether oxygens (including phenoxy) is 2. The van der Waals surface area contributed by atoms with Crippen molar-refractivity contribution in [3.8, 4) is 5.75 Å². The Morgan fingerprint density at radius 2 is 1.78 bits per heavy atom. The molecule has 1 heterocycles. The van der Waals surface area contributed by atoms with Gasteiger partial charge in [0.25, 0.3) is 0 Å². The summed E-state index contributed by atoms with van der Waals surface area (Å²) in [5, 5.41) is 3.07. The molecule has 3 rings (SSSR count). The zero-order chi connectivity index (χ0) is 26.0. The SMILES string of the molecule is COc1cccc(CNCOC(=O)C(N)(N)C(CC(=O)N2CCCCC2)C[C@@H](C)c2ccccc2)c1. The second kappa shape index (κ2) is 13.4. The predicted molar refractivity (Wildman–Crippen MR) is 140 cm³/mol. The van der Waals surface area contributed by atoms with Crippen LogP contribution < -0.4 is 21.5 Å². The lowest BCUT2D eigenvalue weighted by atomic mass is 9.80. The molecule has 0 aromatic heterocycles. The zero-order valence-corrected chi connectivity index (χ0v) is 21.4. The quantitative estimate of drug-likeness (QED) is 0.235. The molecular formula is C28H40N4O4. The van der Waals surface area contributed by atoms with Gasteiger partial charge >= 0.3 is 5.97 Å². The average molecular weight is 497 g/mol. The Kier molecular flexibility index (Phi) is 10.3. The summed E-state index contributed by atoms with van der Waals surface area (Å²) in [6, 6.07) is 17.6. The molecule has 2 atom stereocenters. The monoisotopic (exact) mass is 496 g/mol. The van der Waals surface area contributed by atoms with Gasteiger partial charge in [0.1, 0.15) is 12.5 Å². The molecule has 0 radical (unpaired) electrons. The first kappa shape index (κ1) is 27.6. The van der Waals surface area contributed by atoms with Crippen molar-refractivity contribution in [1.29, 1.82) is 0 Å². The van der Waals surface area contributed by atoms with Crippen molar-refractivity contribution < 1.29 is 19.1 Å². The van der Waals surface area contributed by atoms with Crippen LogP contribution in [0.1, 0.15) is 56.1 Å². The van der Waals surface area contributed by atoms with E-state index in [-0.39, 0.29) is 25.0 Å². The van der Waals surface area contributed by atoms with Gasteiger partial charge in [0.05, 0.1) is 7.11 Å². The normalized spacial score (nSPS) is 15.7. The number of hydrogen-bond acceptors (Lipinski definition) is 7. The van der Waals surface area contributed by atoms with E-state index < -0.39 is 17.6 Å². The van der Waals surface area contributed by atoms with Crippen LogP contribution in [0.2, 0.25) is 0 Å². The van der Waals surface area contributed by atoms with Crippen molar-refractivity contribution in [2.75, 3.05) is 26.9 Å². The second-order valence-corrected chi connectivity index (χ2v) is 9.68. The summed E-state index contributed by atoms with van der Waals surface area (Å²) in [5.74, 6) is -0.492. The summed E-state index contributed by atoms with van der Waals surface area (Å²) < 4.78 is 10.7. The van der Waals surface area contributed by atoms with Crippen molar-refractivity contribution in [1.82, 2.24) is 10.2 Å². The van der Waals surface area contributed by atoms with Crippen molar-refractivity contribution in [2.24, 2.45) is 17.4 Å². The molecule has 8 nitrogen and oxygen atoms in total. The Labute approximate surface area is 214 Å². The molecular weight excluding hydrogens is 456 g/mol. The van der Waals surface area contributed by atoms with Crippen LogP contribution in [0.25, 0.3) is 0 Å². The summed E-state index contributed by atoms with van der Waals surface area (Å²) >= 11 is 0. The maximum atomic E-state index is 13.1. The smallest absolute Gasteiger partial charge is 0.342 e. The number of nitrogens with two attached hydrogens (primary N) is 2. The Hall–Kier alpha value is -2.94. The number of nitrogens with one attached hydrogen (secondary N) is 1. The van der Waals surface area contributed by atoms with Gasteiger partial charge in [-0.3, -0.25) is 10.1 Å². The molecule has 5 N–H and O–H groups in total. The average Bonchev–Trinajstić information content (AvgIpc) is 2.91. The first-order valence-electron chi connectivity index (χ1n) is 12.7. The van der Waals surface area contributed by atoms with Gasteiger partial charge in [0.2, 0.25) is 5.91 Å². The standard InChI is InChI=1S/C28H40N4O4/c1-21(23-11-5-3-6-12-23)16-24(18-26(33)32-14-7-4-8-15-32)28(29,30)27(34)36-20-31-19-22-10-9-13-25(17-22)35-2/h3,5-6,9-13,17,21,24,31H,4,7-8,14-16,18-20,29-30H2,1-2H3/t21-,24?/m1/s1. The van der Waals surface area contributed by atoms with E-state index in [1.54, 1.807) is 7.11 Å². The van der Waals surface area contributed by atoms with E-state index in [1.807, 2.05) is 59.5 Å². The maximum absolute atomic E-state index is 13.1. The Morgan fingerprint density at radius 1 is 1.06 bits per heavy atom. The van der Waals surface area contributed by atoms with E-state index in [9.17, 15) is 9.59 Å². The lowest BCUT2D eigenvalue weighted by Crippen LogP contribution is -2.63. The molecule has 36 heavy (non-hydrogen) atoms. The number of carbonyl (C=O) groups is 2. The molecule has 1 unspecified atom stereocenters. The fourth-order valence-corrected chi connectivity index (χ4v) is 4.66. The molecule has 1 amide bonds. The number of likely N-dealkylation sites (tertiary alicyclic amines) is 1. The van der Waals surface area contributed by atoms with E-state index in [1.165, 1.54) is 0 Å². The molecule has 2 aromatic carbocycles. The fraction of sp³-hybridized carbons (Fsp3) is 0.500. The van der Waals surface area contributed by atoms with Crippen LogP contribution in [0, 0.1) is 5.92 Å². The summed E-state index contributed by atoms with van der Waals surface area (Å²) in [7, 11) is 1.61. The minimum absolute atomic E-state index is 0.0100. The van der Waals surface area contributed by atoms with Gasteiger partial charge < -0.3 is 25.8 Å². The number of carbonyl (C=O) groups excluding carboxylic acids is 2. The van der Waals surface area contributed by atoms with Crippen LogP contribution in [0.15, 0.2) is 54.6 Å². The van der Waals surface area contributed by atoms with Gasteiger partial charge in [-0.2, -0.15) is 0 Å². The lowest BCUT2D eigenvalue weighted by molar-refractivity contribution is -0.154. The third-order valence-electron chi connectivity index (χ3n) is 6.93. The van der Waals surface area contributed by atoms with Gasteiger partial charge in [-0.15, -0.1) is 0 Å². The number of rotatable bonds is 12. The molecule has 1 fully saturated rings. The first-order chi connectivity index (χ1) is 17.3. The highest BCUT2D eigenvalue weighted by molar-refractivity contribution is 5.82. The van der Waals surface area contributed by atoms with Crippen LogP contribution in [-0.4, -0.2) is 49.4 Å². The number of amides is 1. The van der Waals surface area contributed by atoms with Crippen LogP contribution in [-0.2, 0) is 20.9 Å². The largest absolute Gasteiger partial charge is 0.497 e. The number of nitrogens with zero attached hydrogens (tertiary/aromatic N) is 1. The molecule has 1 aliphatic rings. The number of esters is 1. The molecule has 0 aliphatic carbocycles. The van der Waals surface area contributed by atoms with E-state index >= 15 is 0 Å². The Bertz CT molecular complexity index is 977. The van der Waals surface area contributed by atoms with E-state index in [4.69, 9.17) is 20.9 Å². The van der Waals surface area contributed by atoms with Crippen molar-refractivity contribution in [3.63, 3.8) is 0 Å². The van der Waals surface area contributed by atoms with E-state index in [0.29, 0.717) is 13.0 Å². The second-order valence-electron chi connectivity index (χ2n) is 9.68. The molecule has 2 aromatic rings. The van der Waals surface area contributed by atoms with Gasteiger partial charge in [0, 0.05) is 32.0 Å². The highest BCUT2D eigenvalue weighted by Gasteiger charge is 2.42. The highest BCUT2D eigenvalue weighted by atomic mass is 16.5. The molecule has 0 spiro atoms. The Morgan fingerprint density at radius 3 is 2.47 bits per heavy atom. The first-order valence-corrected chi connectivity index (χ1v) is 12.7. The maximum Gasteiger partial charge on any atom is 0.342 e. The Balaban J connectivity index is 1.63. The summed E-state index contributed by atoms with van der Waals surface area (Å²) in [6.45, 7) is 3.97. The van der Waals surface area contributed by atoms with Crippen LogP contribution in [0.5, 0.6) is 5.75 Å². The molecule has 8 heteroatoms. The molecule has 1 saturated heterocycles. The molecule has 0 saturated carbocycles. The van der Waals surface area contributed by atoms with Crippen LogP contribution in [0.3, 0.4) is 0 Å². The third-order valence-corrected chi connectivity index (χ3v) is 6.93. The molecule has 0 bridgehead atoms. The highest BCUT2D eigenvalue weighted by Crippen LogP contribution is 2.30. The summed E-state index contributed by atoms with van der Waals surface area (Å²) in [5.41, 5.74) is 13.2. The number of hydrogen-bond donors (Lipinski definition) is 3. The van der Waals surface area contributed by atoms with Crippen LogP contribution >= 0.6 is 0 Å². The van der Waals surface area contributed by atoms with Gasteiger partial charge in [-0.1, -0.05) is 49.4 Å². The summed E-state index contributed by atoms with van der Waals surface area (Å²) in [6.07, 6.45) is 3.72. The summed E-state index contributed by atoms with van der Waals surface area (Å²) in [4.78, 5) is 28.0. The van der Waals surface area contributed by atoms with Crippen molar-refractivity contribution >= 4 is 11.9 Å². The number of benzene rings is 2. The minimum atomic E-state index is -1.80. The van der Waals surface area contributed by atoms with E-state index in [0.717, 1.165) is 49.2 Å². The van der Waals surface area contributed by atoms with Gasteiger partial charge in [-0.25, -0.2) is 4.79 Å². The number of methoxy groups -OCH3 is 1. The zero-order valence-electron chi connectivity index (χ0n) is 21.4. The predicted octanol–water partition coefficient (Wildman–Crippen LogP) is 3.11. The van der Waals surface area contributed by atoms with Crippen LogP contribution in [0.4, 0.5) is 0 Å². The number of piperidine rings is 1. The van der Waals surface area contributed by atoms with Crippen molar-refractivity contribution in [3.05, 3.63) is 65.7 Å².